The zero-order chi connectivity index (χ0) is 11.5. The monoisotopic (exact) mass is 221 g/mol. The highest BCUT2D eigenvalue weighted by Crippen LogP contribution is 2.25. The smallest absolute Gasteiger partial charge is 0.236 e. The lowest BCUT2D eigenvalue weighted by Gasteiger charge is -2.29. The van der Waals surface area contributed by atoms with Gasteiger partial charge in [-0.25, -0.2) is 0 Å². The normalized spacial score (nSPS) is 22.8. The van der Waals surface area contributed by atoms with Gasteiger partial charge in [0.1, 0.15) is 0 Å². The summed E-state index contributed by atoms with van der Waals surface area (Å²) < 4.78 is 0. The maximum Gasteiger partial charge on any atom is 0.236 e. The third kappa shape index (κ3) is 2.73. The summed E-state index contributed by atoms with van der Waals surface area (Å²) in [6.45, 7) is 2.32. The number of piperidine rings is 1. The van der Waals surface area contributed by atoms with Crippen molar-refractivity contribution in [3.8, 4) is 6.07 Å². The Kier molecular flexibility index (Phi) is 3.45. The Morgan fingerprint density at radius 2 is 2.00 bits per heavy atom. The van der Waals surface area contributed by atoms with E-state index in [-0.39, 0.29) is 11.8 Å². The summed E-state index contributed by atoms with van der Waals surface area (Å²) in [7, 11) is 1.90. The van der Waals surface area contributed by atoms with Gasteiger partial charge in [0, 0.05) is 19.0 Å². The van der Waals surface area contributed by atoms with E-state index in [1.54, 1.807) is 0 Å². The van der Waals surface area contributed by atoms with E-state index < -0.39 is 0 Å². The topological polar surface area (TPSA) is 47.3 Å². The number of nitrogens with zero attached hydrogens (tertiary/aromatic N) is 3. The molecule has 1 aliphatic heterocycles. The zero-order valence-corrected chi connectivity index (χ0v) is 9.85. The van der Waals surface area contributed by atoms with Crippen molar-refractivity contribution in [2.45, 2.75) is 31.7 Å². The standard InChI is InChI=1S/C12H19N3O/c1-14(11-2-3-11)12(16)9-15-6-4-10(8-13)5-7-15/h10-11H,2-7,9H2,1H3. The van der Waals surface area contributed by atoms with E-state index in [1.807, 2.05) is 11.9 Å². The first-order valence-corrected chi connectivity index (χ1v) is 6.08. The molecule has 0 bridgehead atoms. The van der Waals surface area contributed by atoms with Crippen LogP contribution in [0.1, 0.15) is 25.7 Å². The molecule has 0 unspecified atom stereocenters. The molecule has 1 saturated carbocycles. The van der Waals surface area contributed by atoms with Crippen molar-refractivity contribution >= 4 is 5.91 Å². The fraction of sp³-hybridized carbons (Fsp3) is 0.833. The molecule has 0 aromatic carbocycles. The molecule has 2 fully saturated rings. The van der Waals surface area contributed by atoms with Crippen LogP contribution in [0.5, 0.6) is 0 Å². The molecule has 0 aromatic rings. The van der Waals surface area contributed by atoms with Crippen molar-refractivity contribution in [1.82, 2.24) is 9.80 Å². The molecule has 2 aliphatic rings. The lowest BCUT2D eigenvalue weighted by molar-refractivity contribution is -0.131. The molecule has 4 nitrogen and oxygen atoms in total. The number of carbonyl (C=O) groups excluding carboxylic acids is 1. The van der Waals surface area contributed by atoms with E-state index in [1.165, 1.54) is 12.8 Å². The van der Waals surface area contributed by atoms with Crippen LogP contribution in [0.25, 0.3) is 0 Å². The van der Waals surface area contributed by atoms with Crippen LogP contribution < -0.4 is 0 Å². The van der Waals surface area contributed by atoms with Crippen molar-refractivity contribution < 1.29 is 4.79 Å². The second-order valence-electron chi connectivity index (χ2n) is 4.92. The summed E-state index contributed by atoms with van der Waals surface area (Å²) in [5.41, 5.74) is 0. The van der Waals surface area contributed by atoms with Crippen molar-refractivity contribution in [3.63, 3.8) is 0 Å². The third-order valence-corrected chi connectivity index (χ3v) is 3.62. The fourth-order valence-electron chi connectivity index (χ4n) is 2.19. The minimum Gasteiger partial charge on any atom is -0.342 e. The molecule has 0 radical (unpaired) electrons. The number of carbonyl (C=O) groups is 1. The maximum atomic E-state index is 11.9. The first-order chi connectivity index (χ1) is 7.70. The van der Waals surface area contributed by atoms with Crippen LogP contribution in [0, 0.1) is 17.2 Å². The summed E-state index contributed by atoms with van der Waals surface area (Å²) >= 11 is 0. The Bertz CT molecular complexity index is 298. The molecule has 0 N–H and O–H groups in total. The van der Waals surface area contributed by atoms with Gasteiger partial charge >= 0.3 is 0 Å². The predicted molar refractivity (Wildman–Crippen MR) is 60.6 cm³/mol. The van der Waals surface area contributed by atoms with Crippen LogP contribution in [0.15, 0.2) is 0 Å². The minimum absolute atomic E-state index is 0.201. The Morgan fingerprint density at radius 3 is 2.50 bits per heavy atom. The van der Waals surface area contributed by atoms with Gasteiger partial charge in [-0.05, 0) is 38.8 Å². The average molecular weight is 221 g/mol. The van der Waals surface area contributed by atoms with Crippen LogP contribution in [0.2, 0.25) is 0 Å². The molecule has 0 aromatic heterocycles. The van der Waals surface area contributed by atoms with Gasteiger partial charge < -0.3 is 4.90 Å². The average Bonchev–Trinajstić information content (AvgIpc) is 3.13. The van der Waals surface area contributed by atoms with Gasteiger partial charge in [0.15, 0.2) is 0 Å². The molecule has 1 aliphatic carbocycles. The predicted octanol–water partition coefficient (Wildman–Crippen LogP) is 0.843. The third-order valence-electron chi connectivity index (χ3n) is 3.62. The number of hydrogen-bond acceptors (Lipinski definition) is 3. The molecular formula is C12H19N3O. The second kappa shape index (κ2) is 4.84. The van der Waals surface area contributed by atoms with Gasteiger partial charge in [-0.2, -0.15) is 5.26 Å². The van der Waals surface area contributed by atoms with E-state index in [0.717, 1.165) is 25.9 Å². The van der Waals surface area contributed by atoms with Crippen LogP contribution in [0.4, 0.5) is 0 Å². The highest BCUT2D eigenvalue weighted by Gasteiger charge is 2.30. The number of likely N-dealkylation sites (N-methyl/N-ethyl adjacent to an activating group) is 1. The van der Waals surface area contributed by atoms with E-state index in [9.17, 15) is 4.79 Å². The quantitative estimate of drug-likeness (QED) is 0.709. The van der Waals surface area contributed by atoms with Gasteiger partial charge in [-0.3, -0.25) is 9.69 Å². The molecule has 1 saturated heterocycles. The number of rotatable bonds is 3. The lowest BCUT2D eigenvalue weighted by Crippen LogP contribution is -2.42. The van der Waals surface area contributed by atoms with Crippen molar-refractivity contribution in [2.24, 2.45) is 5.92 Å². The molecule has 1 amide bonds. The summed E-state index contributed by atoms with van der Waals surface area (Å²) in [4.78, 5) is 15.9. The zero-order valence-electron chi connectivity index (χ0n) is 9.85. The lowest BCUT2D eigenvalue weighted by atomic mass is 9.99. The highest BCUT2D eigenvalue weighted by molar-refractivity contribution is 5.78. The van der Waals surface area contributed by atoms with Crippen molar-refractivity contribution in [1.29, 1.82) is 5.26 Å². The second-order valence-corrected chi connectivity index (χ2v) is 4.92. The molecule has 1 heterocycles. The first-order valence-electron chi connectivity index (χ1n) is 6.08. The number of nitriles is 1. The molecule has 4 heteroatoms. The van der Waals surface area contributed by atoms with E-state index in [2.05, 4.69) is 11.0 Å². The van der Waals surface area contributed by atoms with Gasteiger partial charge in [-0.15, -0.1) is 0 Å². The van der Waals surface area contributed by atoms with Crippen LogP contribution >= 0.6 is 0 Å². The summed E-state index contributed by atoms with van der Waals surface area (Å²) in [5.74, 6) is 0.436. The van der Waals surface area contributed by atoms with Gasteiger partial charge in [-0.1, -0.05) is 0 Å². The Labute approximate surface area is 96.8 Å². The number of likely N-dealkylation sites (tertiary alicyclic amines) is 1. The first kappa shape index (κ1) is 11.4. The van der Waals surface area contributed by atoms with Crippen LogP contribution in [0.3, 0.4) is 0 Å². The highest BCUT2D eigenvalue weighted by atomic mass is 16.2. The van der Waals surface area contributed by atoms with Gasteiger partial charge in [0.2, 0.25) is 5.91 Å². The Morgan fingerprint density at radius 1 is 1.38 bits per heavy atom. The Hall–Kier alpha value is -1.08. The Balaban J connectivity index is 1.74. The fourth-order valence-corrected chi connectivity index (χ4v) is 2.19. The molecule has 0 spiro atoms. The van der Waals surface area contributed by atoms with E-state index in [4.69, 9.17) is 5.26 Å². The molecular weight excluding hydrogens is 202 g/mol. The summed E-state index contributed by atoms with van der Waals surface area (Å²) in [5, 5.41) is 8.78. The SMILES string of the molecule is CN(C(=O)CN1CCC(C#N)CC1)C1CC1. The van der Waals surface area contributed by atoms with Crippen molar-refractivity contribution in [2.75, 3.05) is 26.7 Å². The van der Waals surface area contributed by atoms with E-state index in [0.29, 0.717) is 12.6 Å². The van der Waals surface area contributed by atoms with Crippen LogP contribution in [-0.4, -0.2) is 48.4 Å². The maximum absolute atomic E-state index is 11.9. The van der Waals surface area contributed by atoms with Crippen molar-refractivity contribution in [3.05, 3.63) is 0 Å². The molecule has 2 rings (SSSR count). The number of hydrogen-bond donors (Lipinski definition) is 0. The molecule has 88 valence electrons. The largest absolute Gasteiger partial charge is 0.342 e. The van der Waals surface area contributed by atoms with Crippen LogP contribution in [-0.2, 0) is 4.79 Å². The minimum atomic E-state index is 0.201. The van der Waals surface area contributed by atoms with Gasteiger partial charge in [0.05, 0.1) is 12.6 Å². The summed E-state index contributed by atoms with van der Waals surface area (Å²) in [6.07, 6.45) is 4.16. The molecule has 0 atom stereocenters. The van der Waals surface area contributed by atoms with E-state index >= 15 is 0 Å². The summed E-state index contributed by atoms with van der Waals surface area (Å²) in [6, 6.07) is 2.81. The number of amides is 1. The molecule has 16 heavy (non-hydrogen) atoms. The van der Waals surface area contributed by atoms with Gasteiger partial charge in [0.25, 0.3) is 0 Å².